The van der Waals surface area contributed by atoms with Crippen LogP contribution in [-0.4, -0.2) is 22.6 Å². The monoisotopic (exact) mass is 316 g/mol. The number of rotatable bonds is 1. The van der Waals surface area contributed by atoms with Gasteiger partial charge in [-0.3, -0.25) is 4.79 Å². The van der Waals surface area contributed by atoms with E-state index < -0.39 is 0 Å². The molecule has 3 rings (SSSR count). The van der Waals surface area contributed by atoms with Gasteiger partial charge >= 0.3 is 0 Å². The van der Waals surface area contributed by atoms with Gasteiger partial charge in [-0.2, -0.15) is 5.26 Å². The smallest absolute Gasteiger partial charge is 0.270 e. The molecule has 0 N–H and O–H groups in total. The van der Waals surface area contributed by atoms with Gasteiger partial charge in [-0.05, 0) is 30.9 Å². The molecule has 1 aliphatic rings. The van der Waals surface area contributed by atoms with Crippen LogP contribution in [0, 0.1) is 17.2 Å². The summed E-state index contributed by atoms with van der Waals surface area (Å²) < 4.78 is 1.47. The first-order chi connectivity index (χ1) is 10.5. The maximum Gasteiger partial charge on any atom is 0.270 e. The average Bonchev–Trinajstić information content (AvgIpc) is 2.50. The highest BCUT2D eigenvalue weighted by Gasteiger charge is 2.25. The minimum Gasteiger partial charge on any atom is -0.368 e. The van der Waals surface area contributed by atoms with Crippen molar-refractivity contribution in [2.75, 3.05) is 18.0 Å². The molecule has 0 spiro atoms. The summed E-state index contributed by atoms with van der Waals surface area (Å²) in [5.41, 5.74) is 1.82. The molecule has 0 saturated carbocycles. The van der Waals surface area contributed by atoms with Crippen LogP contribution in [0.25, 0.3) is 11.0 Å². The number of nitrogens with zero attached hydrogens (tertiary/aromatic N) is 4. The van der Waals surface area contributed by atoms with Gasteiger partial charge in [0.15, 0.2) is 0 Å². The van der Waals surface area contributed by atoms with Crippen molar-refractivity contribution in [2.45, 2.75) is 19.8 Å². The Hall–Kier alpha value is -2.06. The van der Waals surface area contributed by atoms with Crippen LogP contribution in [-0.2, 0) is 7.05 Å². The van der Waals surface area contributed by atoms with Crippen molar-refractivity contribution < 1.29 is 0 Å². The van der Waals surface area contributed by atoms with Gasteiger partial charge in [0.2, 0.25) is 0 Å². The van der Waals surface area contributed by atoms with Gasteiger partial charge in [-0.25, -0.2) is 4.98 Å². The summed E-state index contributed by atoms with van der Waals surface area (Å²) in [6.07, 6.45) is 2.21. The van der Waals surface area contributed by atoms with E-state index in [2.05, 4.69) is 22.9 Å². The van der Waals surface area contributed by atoms with Gasteiger partial charge < -0.3 is 9.47 Å². The zero-order chi connectivity index (χ0) is 15.9. The number of aromatic nitrogens is 2. The van der Waals surface area contributed by atoms with Crippen LogP contribution in [0.1, 0.15) is 25.3 Å². The number of fused-ring (bicyclic) bond motifs is 1. The lowest BCUT2D eigenvalue weighted by Gasteiger charge is -2.33. The van der Waals surface area contributed by atoms with Crippen LogP contribution in [0.4, 0.5) is 5.69 Å². The Balaban J connectivity index is 2.35. The highest BCUT2D eigenvalue weighted by molar-refractivity contribution is 6.29. The lowest BCUT2D eigenvalue weighted by Crippen LogP contribution is -2.37. The number of hydrogen-bond donors (Lipinski definition) is 0. The number of aryl methyl sites for hydroxylation is 1. The largest absolute Gasteiger partial charge is 0.368 e. The Labute approximate surface area is 133 Å². The van der Waals surface area contributed by atoms with Crippen LogP contribution in [0.2, 0.25) is 5.15 Å². The van der Waals surface area contributed by atoms with Gasteiger partial charge in [-0.1, -0.05) is 18.5 Å². The highest BCUT2D eigenvalue weighted by atomic mass is 35.5. The molecule has 2 aromatic rings. The molecule has 1 atom stereocenters. The molecule has 114 valence electrons. The van der Waals surface area contributed by atoms with Crippen LogP contribution >= 0.6 is 11.6 Å². The number of pyridine rings is 2. The van der Waals surface area contributed by atoms with Gasteiger partial charge in [0.1, 0.15) is 22.3 Å². The van der Waals surface area contributed by atoms with Crippen molar-refractivity contribution in [2.24, 2.45) is 13.0 Å². The van der Waals surface area contributed by atoms with E-state index in [1.165, 1.54) is 4.57 Å². The molecule has 0 amide bonds. The summed E-state index contributed by atoms with van der Waals surface area (Å²) in [4.78, 5) is 19.0. The fourth-order valence-corrected chi connectivity index (χ4v) is 3.32. The normalized spacial score (nSPS) is 18.5. The number of piperidine rings is 1. The fraction of sp³-hybridized carbons (Fsp3) is 0.438. The van der Waals surface area contributed by atoms with E-state index in [0.29, 0.717) is 27.8 Å². The Kier molecular flexibility index (Phi) is 3.79. The van der Waals surface area contributed by atoms with Gasteiger partial charge in [0, 0.05) is 20.1 Å². The van der Waals surface area contributed by atoms with E-state index >= 15 is 0 Å². The second kappa shape index (κ2) is 5.62. The predicted molar refractivity (Wildman–Crippen MR) is 87.3 cm³/mol. The Morgan fingerprint density at radius 3 is 2.91 bits per heavy atom. The first kappa shape index (κ1) is 14.9. The highest BCUT2D eigenvalue weighted by Crippen LogP contribution is 2.31. The molecule has 6 heteroatoms. The van der Waals surface area contributed by atoms with E-state index in [-0.39, 0.29) is 11.1 Å². The molecule has 1 fully saturated rings. The first-order valence-corrected chi connectivity index (χ1v) is 7.75. The topological polar surface area (TPSA) is 61.9 Å². The Bertz CT molecular complexity index is 837. The molecule has 5 nitrogen and oxygen atoms in total. The average molecular weight is 317 g/mol. The van der Waals surface area contributed by atoms with E-state index in [1.54, 1.807) is 19.2 Å². The predicted octanol–water partition coefficient (Wildman–Crippen LogP) is 2.69. The minimum absolute atomic E-state index is 0.152. The second-order valence-corrected chi connectivity index (χ2v) is 6.28. The third kappa shape index (κ3) is 2.34. The molecule has 0 radical (unpaired) electrons. The first-order valence-electron chi connectivity index (χ1n) is 7.37. The molecule has 22 heavy (non-hydrogen) atoms. The molecule has 1 unspecified atom stereocenters. The molecule has 0 aliphatic carbocycles. The van der Waals surface area contributed by atoms with Crippen molar-refractivity contribution in [1.29, 1.82) is 5.26 Å². The van der Waals surface area contributed by atoms with Gasteiger partial charge in [-0.15, -0.1) is 0 Å². The molecule has 1 saturated heterocycles. The molecule has 3 heterocycles. The summed E-state index contributed by atoms with van der Waals surface area (Å²) in [5, 5.41) is 9.86. The Morgan fingerprint density at radius 1 is 1.45 bits per heavy atom. The van der Waals surface area contributed by atoms with Crippen LogP contribution in [0.3, 0.4) is 0 Å². The second-order valence-electron chi connectivity index (χ2n) is 5.89. The zero-order valence-corrected chi connectivity index (χ0v) is 13.4. The van der Waals surface area contributed by atoms with E-state index in [0.717, 1.165) is 25.9 Å². The standard InChI is InChI=1S/C16H17ClN4O/c1-10-4-3-7-21(9-10)15-11(8-18)16(22)20(2)12-5-6-13(17)19-14(12)15/h5-6,10H,3-4,7,9H2,1-2H3. The van der Waals surface area contributed by atoms with Crippen molar-refractivity contribution in [1.82, 2.24) is 9.55 Å². The van der Waals surface area contributed by atoms with Crippen molar-refractivity contribution in [3.8, 4) is 6.07 Å². The summed E-state index contributed by atoms with van der Waals surface area (Å²) >= 11 is 6.05. The SMILES string of the molecule is CC1CCCN(c2c(C#N)c(=O)n(C)c3ccc(Cl)nc23)C1. The molecular formula is C16H17ClN4O. The fourth-order valence-electron chi connectivity index (χ4n) is 3.17. The number of halogens is 1. The van der Waals surface area contributed by atoms with Crippen LogP contribution in [0.15, 0.2) is 16.9 Å². The quantitative estimate of drug-likeness (QED) is 0.759. The molecule has 2 aromatic heterocycles. The number of anilines is 1. The maximum atomic E-state index is 12.5. The van der Waals surface area contributed by atoms with Crippen LogP contribution in [0.5, 0.6) is 0 Å². The molecule has 0 bridgehead atoms. The van der Waals surface area contributed by atoms with Crippen LogP contribution < -0.4 is 10.5 Å². The van der Waals surface area contributed by atoms with Crippen molar-refractivity contribution >= 4 is 28.3 Å². The molecular weight excluding hydrogens is 300 g/mol. The third-order valence-electron chi connectivity index (χ3n) is 4.27. The lowest BCUT2D eigenvalue weighted by molar-refractivity contribution is 0.447. The van der Waals surface area contributed by atoms with E-state index in [9.17, 15) is 10.1 Å². The summed E-state index contributed by atoms with van der Waals surface area (Å²) in [6, 6.07) is 5.52. The summed E-state index contributed by atoms with van der Waals surface area (Å²) in [6.45, 7) is 3.84. The molecule has 1 aliphatic heterocycles. The lowest BCUT2D eigenvalue weighted by atomic mass is 9.98. The number of hydrogen-bond acceptors (Lipinski definition) is 4. The van der Waals surface area contributed by atoms with Crippen molar-refractivity contribution in [3.05, 3.63) is 33.2 Å². The Morgan fingerprint density at radius 2 is 2.23 bits per heavy atom. The van der Waals surface area contributed by atoms with Gasteiger partial charge in [0.25, 0.3) is 5.56 Å². The van der Waals surface area contributed by atoms with Gasteiger partial charge in [0.05, 0.1) is 11.2 Å². The minimum atomic E-state index is -0.285. The summed E-state index contributed by atoms with van der Waals surface area (Å²) in [5.74, 6) is 0.526. The van der Waals surface area contributed by atoms with Crippen molar-refractivity contribution in [3.63, 3.8) is 0 Å². The maximum absolute atomic E-state index is 12.5. The zero-order valence-electron chi connectivity index (χ0n) is 12.6. The number of nitriles is 1. The summed E-state index contributed by atoms with van der Waals surface area (Å²) in [7, 11) is 1.66. The third-order valence-corrected chi connectivity index (χ3v) is 4.48. The van der Waals surface area contributed by atoms with E-state index in [1.807, 2.05) is 0 Å². The van der Waals surface area contributed by atoms with E-state index in [4.69, 9.17) is 11.6 Å². The molecule has 0 aromatic carbocycles.